The van der Waals surface area contributed by atoms with Gasteiger partial charge in [-0.25, -0.2) is 0 Å². The Balaban J connectivity index is 1.93. The van der Waals surface area contributed by atoms with E-state index in [9.17, 15) is 9.59 Å². The molecule has 0 unspecified atom stereocenters. The number of benzene rings is 2. The number of aromatic amines is 2. The molecule has 0 atom stereocenters. The Bertz CT molecular complexity index is 767. The summed E-state index contributed by atoms with van der Waals surface area (Å²) >= 11 is 0. The highest BCUT2D eigenvalue weighted by Gasteiger charge is 2.18. The minimum Gasteiger partial charge on any atom is -0.340 e. The first kappa shape index (κ1) is 13.9. The Hall–Kier alpha value is -3.08. The highest BCUT2D eigenvalue weighted by molar-refractivity contribution is 5.92. The molecular weight excluding hydrogens is 278 g/mol. The van der Waals surface area contributed by atoms with Crippen molar-refractivity contribution in [3.8, 4) is 0 Å². The van der Waals surface area contributed by atoms with Crippen LogP contribution in [0.4, 0.5) is 0 Å². The first-order valence-electron chi connectivity index (χ1n) is 6.92. The van der Waals surface area contributed by atoms with Crippen molar-refractivity contribution < 1.29 is 4.79 Å². The van der Waals surface area contributed by atoms with Gasteiger partial charge in [0.05, 0.1) is 6.04 Å². The summed E-state index contributed by atoms with van der Waals surface area (Å²) in [6.07, 6.45) is 0. The maximum Gasteiger partial charge on any atom is 0.270 e. The SMILES string of the molecule is O=C(NC(c1ccccc1)c1ccccc1)c1cc(=O)[nH][nH]1. The highest BCUT2D eigenvalue weighted by atomic mass is 16.2. The summed E-state index contributed by atoms with van der Waals surface area (Å²) in [4.78, 5) is 23.5. The Labute approximate surface area is 127 Å². The average molecular weight is 293 g/mol. The molecule has 0 fully saturated rings. The van der Waals surface area contributed by atoms with Gasteiger partial charge < -0.3 is 5.32 Å². The second kappa shape index (κ2) is 6.13. The number of carbonyl (C=O) groups excluding carboxylic acids is 1. The normalized spacial score (nSPS) is 10.6. The molecule has 1 aromatic heterocycles. The predicted molar refractivity (Wildman–Crippen MR) is 83.6 cm³/mol. The van der Waals surface area contributed by atoms with Crippen LogP contribution in [0.3, 0.4) is 0 Å². The molecule has 0 aliphatic carbocycles. The van der Waals surface area contributed by atoms with Crippen LogP contribution in [0.25, 0.3) is 0 Å². The fraction of sp³-hybridized carbons (Fsp3) is 0.0588. The standard InChI is InChI=1S/C17H15N3O2/c21-15-11-14(19-20-15)17(22)18-16(12-7-3-1-4-8-12)13-9-5-2-6-10-13/h1-11,16H,(H,18,22)(H2,19,20,21). The van der Waals surface area contributed by atoms with E-state index in [0.29, 0.717) is 0 Å². The molecule has 5 heteroatoms. The largest absolute Gasteiger partial charge is 0.340 e. The molecule has 0 aliphatic rings. The molecule has 0 saturated heterocycles. The molecule has 1 heterocycles. The second-order valence-corrected chi connectivity index (χ2v) is 4.90. The Morgan fingerprint density at radius 2 is 1.41 bits per heavy atom. The van der Waals surface area contributed by atoms with Crippen LogP contribution in [-0.4, -0.2) is 16.1 Å². The van der Waals surface area contributed by atoms with Crippen molar-refractivity contribution in [2.45, 2.75) is 6.04 Å². The van der Waals surface area contributed by atoms with Crippen molar-refractivity contribution >= 4 is 5.91 Å². The van der Waals surface area contributed by atoms with Crippen molar-refractivity contribution in [3.05, 3.63) is 93.9 Å². The summed E-state index contributed by atoms with van der Waals surface area (Å²) in [5, 5.41) is 7.88. The van der Waals surface area contributed by atoms with Crippen molar-refractivity contribution in [1.82, 2.24) is 15.5 Å². The van der Waals surface area contributed by atoms with Crippen LogP contribution in [0.1, 0.15) is 27.7 Å². The van der Waals surface area contributed by atoms with Crippen molar-refractivity contribution in [3.63, 3.8) is 0 Å². The number of hydrogen-bond donors (Lipinski definition) is 3. The second-order valence-electron chi connectivity index (χ2n) is 4.90. The van der Waals surface area contributed by atoms with Crippen molar-refractivity contribution in [1.29, 1.82) is 0 Å². The van der Waals surface area contributed by atoms with Crippen LogP contribution in [0.2, 0.25) is 0 Å². The van der Waals surface area contributed by atoms with E-state index in [-0.39, 0.29) is 23.2 Å². The van der Waals surface area contributed by atoms with Gasteiger partial charge in [-0.2, -0.15) is 0 Å². The monoisotopic (exact) mass is 293 g/mol. The zero-order valence-electron chi connectivity index (χ0n) is 11.7. The van der Waals surface area contributed by atoms with Gasteiger partial charge in [0, 0.05) is 6.07 Å². The fourth-order valence-electron chi connectivity index (χ4n) is 2.31. The molecule has 3 aromatic rings. The lowest BCUT2D eigenvalue weighted by atomic mass is 9.98. The van der Waals surface area contributed by atoms with Gasteiger partial charge in [-0.05, 0) is 11.1 Å². The Kier molecular flexibility index (Phi) is 3.87. The van der Waals surface area contributed by atoms with Gasteiger partial charge in [-0.1, -0.05) is 60.7 Å². The molecule has 3 N–H and O–H groups in total. The number of hydrogen-bond acceptors (Lipinski definition) is 2. The molecule has 0 bridgehead atoms. The lowest BCUT2D eigenvalue weighted by Crippen LogP contribution is -2.29. The minimum absolute atomic E-state index is 0.210. The molecule has 0 spiro atoms. The predicted octanol–water partition coefficient (Wildman–Crippen LogP) is 2.22. The highest BCUT2D eigenvalue weighted by Crippen LogP contribution is 2.21. The van der Waals surface area contributed by atoms with Gasteiger partial charge in [0.1, 0.15) is 5.69 Å². The third-order valence-electron chi connectivity index (χ3n) is 3.38. The molecule has 110 valence electrons. The molecule has 0 saturated carbocycles. The average Bonchev–Trinajstić information content (AvgIpc) is 3.01. The van der Waals surface area contributed by atoms with Crippen LogP contribution < -0.4 is 10.9 Å². The van der Waals surface area contributed by atoms with Crippen LogP contribution >= 0.6 is 0 Å². The molecule has 5 nitrogen and oxygen atoms in total. The summed E-state index contributed by atoms with van der Waals surface area (Å²) in [6, 6.07) is 20.3. The van der Waals surface area contributed by atoms with Gasteiger partial charge >= 0.3 is 0 Å². The van der Waals surface area contributed by atoms with Crippen molar-refractivity contribution in [2.75, 3.05) is 0 Å². The number of rotatable bonds is 4. The van der Waals surface area contributed by atoms with Crippen molar-refractivity contribution in [2.24, 2.45) is 0 Å². The van der Waals surface area contributed by atoms with Crippen LogP contribution in [0.5, 0.6) is 0 Å². The van der Waals surface area contributed by atoms with E-state index in [1.165, 1.54) is 6.07 Å². The first-order valence-corrected chi connectivity index (χ1v) is 6.92. The Morgan fingerprint density at radius 1 is 0.864 bits per heavy atom. The third-order valence-corrected chi connectivity index (χ3v) is 3.38. The van der Waals surface area contributed by atoms with Gasteiger partial charge in [-0.15, -0.1) is 0 Å². The maximum absolute atomic E-state index is 12.3. The lowest BCUT2D eigenvalue weighted by molar-refractivity contribution is 0.0938. The molecule has 2 aromatic carbocycles. The van der Waals surface area contributed by atoms with E-state index in [1.807, 2.05) is 60.7 Å². The number of H-pyrrole nitrogens is 2. The van der Waals surface area contributed by atoms with Crippen LogP contribution in [0.15, 0.2) is 71.5 Å². The van der Waals surface area contributed by atoms with E-state index in [4.69, 9.17) is 0 Å². The van der Waals surface area contributed by atoms with Crippen LogP contribution in [-0.2, 0) is 0 Å². The molecule has 0 radical (unpaired) electrons. The quantitative estimate of drug-likeness (QED) is 0.689. The first-order chi connectivity index (χ1) is 10.7. The zero-order valence-corrected chi connectivity index (χ0v) is 11.7. The molecule has 1 amide bonds. The Morgan fingerprint density at radius 3 is 1.86 bits per heavy atom. The van der Waals surface area contributed by atoms with E-state index >= 15 is 0 Å². The van der Waals surface area contributed by atoms with E-state index in [2.05, 4.69) is 15.5 Å². The van der Waals surface area contributed by atoms with Gasteiger partial charge in [0.25, 0.3) is 11.5 Å². The minimum atomic E-state index is -0.337. The van der Waals surface area contributed by atoms with E-state index in [0.717, 1.165) is 11.1 Å². The van der Waals surface area contributed by atoms with Gasteiger partial charge in [-0.3, -0.25) is 19.8 Å². The van der Waals surface area contributed by atoms with Crippen LogP contribution in [0, 0.1) is 0 Å². The topological polar surface area (TPSA) is 77.8 Å². The van der Waals surface area contributed by atoms with E-state index < -0.39 is 0 Å². The van der Waals surface area contributed by atoms with Gasteiger partial charge in [0.2, 0.25) is 0 Å². The van der Waals surface area contributed by atoms with Gasteiger partial charge in [0.15, 0.2) is 0 Å². The molecular formula is C17H15N3O2. The molecule has 3 rings (SSSR count). The molecule has 22 heavy (non-hydrogen) atoms. The molecule has 0 aliphatic heterocycles. The zero-order chi connectivity index (χ0) is 15.4. The fourth-order valence-corrected chi connectivity index (χ4v) is 2.31. The lowest BCUT2D eigenvalue weighted by Gasteiger charge is -2.19. The third kappa shape index (κ3) is 2.98. The summed E-state index contributed by atoms with van der Waals surface area (Å²) in [7, 11) is 0. The summed E-state index contributed by atoms with van der Waals surface area (Å²) in [5.74, 6) is -0.337. The maximum atomic E-state index is 12.3. The number of nitrogens with one attached hydrogen (secondary N) is 3. The summed E-state index contributed by atoms with van der Waals surface area (Å²) in [5.41, 5.74) is 1.82. The smallest absolute Gasteiger partial charge is 0.270 e. The number of carbonyl (C=O) groups is 1. The summed E-state index contributed by atoms with van der Waals surface area (Å²) in [6.45, 7) is 0. The summed E-state index contributed by atoms with van der Waals surface area (Å²) < 4.78 is 0. The number of aromatic nitrogens is 2. The number of amides is 1. The van der Waals surface area contributed by atoms with E-state index in [1.54, 1.807) is 0 Å².